The normalized spacial score (nSPS) is 11.0. The van der Waals surface area contributed by atoms with E-state index in [1.807, 2.05) is 0 Å². The molecule has 5 nitrogen and oxygen atoms in total. The van der Waals surface area contributed by atoms with Crippen molar-refractivity contribution in [1.82, 2.24) is 0 Å². The van der Waals surface area contributed by atoms with Crippen LogP contribution >= 0.6 is 15.9 Å². The van der Waals surface area contributed by atoms with E-state index in [4.69, 9.17) is 4.18 Å². The summed E-state index contributed by atoms with van der Waals surface area (Å²) in [5.74, 6) is -0.398. The molecule has 7 heteroatoms. The van der Waals surface area contributed by atoms with Gasteiger partial charge >= 0.3 is 16.1 Å². The molecule has 0 bridgehead atoms. The highest BCUT2D eigenvalue weighted by molar-refractivity contribution is 9.10. The molecule has 2 rings (SSSR count). The first-order valence-corrected chi connectivity index (χ1v) is 8.43. The van der Waals surface area contributed by atoms with Crippen LogP contribution in [0, 0.1) is 6.92 Å². The van der Waals surface area contributed by atoms with Crippen molar-refractivity contribution in [3.63, 3.8) is 0 Å². The van der Waals surface area contributed by atoms with Crippen molar-refractivity contribution in [2.45, 2.75) is 11.8 Å². The Morgan fingerprint density at radius 2 is 1.82 bits per heavy atom. The molecular formula is C15H13BrO5S. The summed E-state index contributed by atoms with van der Waals surface area (Å²) in [6.07, 6.45) is 0. The van der Waals surface area contributed by atoms with Gasteiger partial charge in [-0.2, -0.15) is 8.42 Å². The highest BCUT2D eigenvalue weighted by Gasteiger charge is 2.21. The van der Waals surface area contributed by atoms with E-state index < -0.39 is 16.1 Å². The van der Waals surface area contributed by atoms with Crippen LogP contribution < -0.4 is 4.18 Å². The lowest BCUT2D eigenvalue weighted by Gasteiger charge is -2.10. The van der Waals surface area contributed by atoms with E-state index in [2.05, 4.69) is 20.7 Å². The fraction of sp³-hybridized carbons (Fsp3) is 0.133. The molecule has 0 spiro atoms. The molecule has 0 heterocycles. The number of halogens is 1. The summed E-state index contributed by atoms with van der Waals surface area (Å²) >= 11 is 3.18. The van der Waals surface area contributed by atoms with Crippen molar-refractivity contribution < 1.29 is 22.1 Å². The Morgan fingerprint density at radius 3 is 2.45 bits per heavy atom. The molecular weight excluding hydrogens is 372 g/mol. The minimum absolute atomic E-state index is 0.108. The lowest BCUT2D eigenvalue weighted by molar-refractivity contribution is 0.0599. The van der Waals surface area contributed by atoms with Crippen LogP contribution in [0.15, 0.2) is 51.8 Å². The quantitative estimate of drug-likeness (QED) is 0.597. The molecule has 0 unspecified atom stereocenters. The lowest BCUT2D eigenvalue weighted by atomic mass is 10.2. The summed E-state index contributed by atoms with van der Waals surface area (Å²) in [5, 5.41) is 0. The maximum Gasteiger partial charge on any atom is 0.339 e. The van der Waals surface area contributed by atoms with Crippen LogP contribution in [-0.2, 0) is 14.9 Å². The molecule has 2 aromatic rings. The number of methoxy groups -OCH3 is 1. The van der Waals surface area contributed by atoms with E-state index in [1.165, 1.54) is 25.3 Å². The molecule has 0 amide bonds. The number of carbonyl (C=O) groups is 1. The van der Waals surface area contributed by atoms with Crippen LogP contribution in [0.5, 0.6) is 5.75 Å². The van der Waals surface area contributed by atoms with Crippen molar-refractivity contribution in [3.8, 4) is 5.75 Å². The molecule has 0 fully saturated rings. The van der Waals surface area contributed by atoms with Gasteiger partial charge in [0.1, 0.15) is 10.6 Å². The number of hydrogen-bond donors (Lipinski definition) is 0. The molecule has 0 aliphatic heterocycles. The van der Waals surface area contributed by atoms with E-state index in [9.17, 15) is 13.2 Å². The van der Waals surface area contributed by atoms with Gasteiger partial charge in [0.05, 0.1) is 12.7 Å². The van der Waals surface area contributed by atoms with Gasteiger partial charge in [0.25, 0.3) is 0 Å². The Balaban J connectivity index is 2.42. The van der Waals surface area contributed by atoms with Gasteiger partial charge in [-0.25, -0.2) is 4.79 Å². The predicted octanol–water partition coefficient (Wildman–Crippen LogP) is 3.31. The molecule has 0 N–H and O–H groups in total. The SMILES string of the molecule is COC(=O)c1cc(S(=O)(=O)Oc2ccccc2C)ccc1Br. The van der Waals surface area contributed by atoms with Crippen molar-refractivity contribution in [2.24, 2.45) is 0 Å². The number of aryl methyl sites for hydroxylation is 1. The second-order valence-corrected chi connectivity index (χ2v) is 6.84. The highest BCUT2D eigenvalue weighted by Crippen LogP contribution is 2.25. The first kappa shape index (κ1) is 16.5. The molecule has 0 aromatic heterocycles. The van der Waals surface area contributed by atoms with E-state index in [0.29, 0.717) is 10.0 Å². The fourth-order valence-corrected chi connectivity index (χ4v) is 3.17. The van der Waals surface area contributed by atoms with Crippen molar-refractivity contribution >= 4 is 32.0 Å². The number of ether oxygens (including phenoxy) is 1. The third-order valence-corrected chi connectivity index (χ3v) is 4.85. The molecule has 0 saturated heterocycles. The van der Waals surface area contributed by atoms with E-state index >= 15 is 0 Å². The van der Waals surface area contributed by atoms with E-state index in [1.54, 1.807) is 31.2 Å². The largest absolute Gasteiger partial charge is 0.465 e. The molecule has 116 valence electrons. The lowest BCUT2D eigenvalue weighted by Crippen LogP contribution is -2.12. The summed E-state index contributed by atoms with van der Waals surface area (Å²) in [6, 6.07) is 10.8. The van der Waals surface area contributed by atoms with E-state index in [-0.39, 0.29) is 16.2 Å². The van der Waals surface area contributed by atoms with Crippen LogP contribution in [0.2, 0.25) is 0 Å². The molecule has 0 aliphatic carbocycles. The zero-order valence-corrected chi connectivity index (χ0v) is 14.3. The summed E-state index contributed by atoms with van der Waals surface area (Å²) < 4.78 is 34.9. The average Bonchev–Trinajstić information content (AvgIpc) is 2.49. The minimum Gasteiger partial charge on any atom is -0.465 e. The number of rotatable bonds is 4. The highest BCUT2D eigenvalue weighted by atomic mass is 79.9. The maximum atomic E-state index is 12.3. The van der Waals surface area contributed by atoms with Gasteiger partial charge in [-0.3, -0.25) is 0 Å². The van der Waals surface area contributed by atoms with Crippen LogP contribution in [0.25, 0.3) is 0 Å². The molecule has 0 atom stereocenters. The molecule has 0 aliphatic rings. The van der Waals surface area contributed by atoms with Gasteiger partial charge < -0.3 is 8.92 Å². The number of para-hydroxylation sites is 1. The molecule has 0 radical (unpaired) electrons. The smallest absolute Gasteiger partial charge is 0.339 e. The first-order chi connectivity index (χ1) is 10.3. The van der Waals surface area contributed by atoms with Gasteiger partial charge in [-0.15, -0.1) is 0 Å². The van der Waals surface area contributed by atoms with Crippen LogP contribution in [0.1, 0.15) is 15.9 Å². The van der Waals surface area contributed by atoms with Crippen molar-refractivity contribution in [3.05, 3.63) is 58.1 Å². The number of benzene rings is 2. The summed E-state index contributed by atoms with van der Waals surface area (Å²) in [6.45, 7) is 1.74. The van der Waals surface area contributed by atoms with E-state index in [0.717, 1.165) is 0 Å². The molecule has 22 heavy (non-hydrogen) atoms. The fourth-order valence-electron chi connectivity index (χ4n) is 1.74. The maximum absolute atomic E-state index is 12.3. The standard InChI is InChI=1S/C15H13BrO5S/c1-10-5-3-4-6-14(10)21-22(18,19)11-7-8-13(16)12(9-11)15(17)20-2/h3-9H,1-2H3. The Labute approximate surface area is 137 Å². The van der Waals surface area contributed by atoms with Crippen LogP contribution in [0.3, 0.4) is 0 Å². The zero-order valence-electron chi connectivity index (χ0n) is 11.9. The Kier molecular flexibility index (Phi) is 4.87. The third kappa shape index (κ3) is 3.48. The number of carbonyl (C=O) groups excluding carboxylic acids is 1. The van der Waals surface area contributed by atoms with Gasteiger partial charge in [0.2, 0.25) is 0 Å². The summed E-state index contributed by atoms with van der Waals surface area (Å²) in [5.41, 5.74) is 0.799. The average molecular weight is 385 g/mol. The minimum atomic E-state index is -4.05. The number of esters is 1. The topological polar surface area (TPSA) is 69.7 Å². The third-order valence-electron chi connectivity index (χ3n) is 2.92. The Morgan fingerprint density at radius 1 is 1.14 bits per heavy atom. The second kappa shape index (κ2) is 6.50. The summed E-state index contributed by atoms with van der Waals surface area (Å²) in [4.78, 5) is 11.5. The van der Waals surface area contributed by atoms with Crippen molar-refractivity contribution in [1.29, 1.82) is 0 Å². The Bertz CT molecular complexity index is 814. The second-order valence-electron chi connectivity index (χ2n) is 4.44. The summed E-state index contributed by atoms with van der Waals surface area (Å²) in [7, 11) is -2.82. The monoisotopic (exact) mass is 384 g/mol. The Hall–Kier alpha value is -1.86. The van der Waals surface area contributed by atoms with Gasteiger partial charge in [-0.05, 0) is 52.7 Å². The van der Waals surface area contributed by atoms with Crippen LogP contribution in [0.4, 0.5) is 0 Å². The zero-order chi connectivity index (χ0) is 16.3. The van der Waals surface area contributed by atoms with Crippen molar-refractivity contribution in [2.75, 3.05) is 7.11 Å². The molecule has 0 saturated carbocycles. The van der Waals surface area contributed by atoms with Gasteiger partial charge in [0, 0.05) is 4.47 Å². The number of hydrogen-bond acceptors (Lipinski definition) is 5. The predicted molar refractivity (Wildman–Crippen MR) is 84.5 cm³/mol. The van der Waals surface area contributed by atoms with Gasteiger partial charge in [0.15, 0.2) is 0 Å². The molecule has 2 aromatic carbocycles. The van der Waals surface area contributed by atoms with Crippen LogP contribution in [-0.4, -0.2) is 21.5 Å². The first-order valence-electron chi connectivity index (χ1n) is 6.23. The van der Waals surface area contributed by atoms with Gasteiger partial charge in [-0.1, -0.05) is 18.2 Å².